The molecule has 0 heterocycles. The van der Waals surface area contributed by atoms with E-state index in [0.29, 0.717) is 5.75 Å². The van der Waals surface area contributed by atoms with E-state index < -0.39 is 44.8 Å². The van der Waals surface area contributed by atoms with Gasteiger partial charge in [-0.25, -0.2) is 22.4 Å². The summed E-state index contributed by atoms with van der Waals surface area (Å²) in [5, 5.41) is 14.1. The quantitative estimate of drug-likeness (QED) is 0.295. The van der Waals surface area contributed by atoms with Crippen molar-refractivity contribution >= 4 is 39.2 Å². The molecule has 0 aliphatic carbocycles. The van der Waals surface area contributed by atoms with Gasteiger partial charge in [-0.3, -0.25) is 10.1 Å². The van der Waals surface area contributed by atoms with Gasteiger partial charge in [-0.1, -0.05) is 36.4 Å². The smallest absolute Gasteiger partial charge is 0.417 e. The van der Waals surface area contributed by atoms with E-state index in [1.54, 1.807) is 30.3 Å². The van der Waals surface area contributed by atoms with Crippen LogP contribution in [0, 0.1) is 5.82 Å². The van der Waals surface area contributed by atoms with Gasteiger partial charge >= 0.3 is 12.1 Å². The summed E-state index contributed by atoms with van der Waals surface area (Å²) < 4.78 is 45.9. The largest absolute Gasteiger partial charge is 0.478 e. The third-order valence-corrected chi connectivity index (χ3v) is 6.97. The molecule has 0 saturated carbocycles. The number of ether oxygens (including phenoxy) is 1. The Morgan fingerprint density at radius 2 is 1.32 bits per heavy atom. The van der Waals surface area contributed by atoms with E-state index >= 15 is 0 Å². The normalized spacial score (nSPS) is 10.9. The molecular weight excluding hydrogens is 515 g/mol. The molecule has 2 amide bonds. The van der Waals surface area contributed by atoms with Crippen LogP contribution in [0.3, 0.4) is 0 Å². The standard InChI is InChI=1S/C27H19FN2O7S/c28-23-14-6-13-22(26(32)33)24(23)25(31)29-17-7-4-11-20(15-17)38(35,36)21-12-5-8-18(16-21)30-27(34)37-19-9-2-1-3-10-19/h1-16H,(H,29,31)(H,30,34)(H,32,33). The first-order valence-electron chi connectivity index (χ1n) is 11.0. The van der Waals surface area contributed by atoms with Crippen molar-refractivity contribution in [3.8, 4) is 5.75 Å². The average Bonchev–Trinajstić information content (AvgIpc) is 2.89. The van der Waals surface area contributed by atoms with E-state index in [1.165, 1.54) is 42.5 Å². The van der Waals surface area contributed by atoms with E-state index in [1.807, 2.05) is 0 Å². The van der Waals surface area contributed by atoms with E-state index in [9.17, 15) is 32.3 Å². The minimum absolute atomic E-state index is 0.00335. The molecule has 192 valence electrons. The van der Waals surface area contributed by atoms with Crippen molar-refractivity contribution in [2.75, 3.05) is 10.6 Å². The number of carboxylic acids is 1. The molecule has 0 radical (unpaired) electrons. The highest BCUT2D eigenvalue weighted by molar-refractivity contribution is 7.91. The van der Waals surface area contributed by atoms with Crippen LogP contribution in [-0.2, 0) is 9.84 Å². The van der Waals surface area contributed by atoms with Crippen LogP contribution in [0.2, 0.25) is 0 Å². The van der Waals surface area contributed by atoms with Crippen LogP contribution in [0.5, 0.6) is 5.75 Å². The summed E-state index contributed by atoms with van der Waals surface area (Å²) in [4.78, 5) is 35.9. The van der Waals surface area contributed by atoms with E-state index in [-0.39, 0.29) is 21.2 Å². The van der Waals surface area contributed by atoms with Gasteiger partial charge in [0.1, 0.15) is 11.6 Å². The Morgan fingerprint density at radius 3 is 1.92 bits per heavy atom. The number of rotatable bonds is 7. The van der Waals surface area contributed by atoms with Crippen molar-refractivity contribution in [2.45, 2.75) is 9.79 Å². The number of sulfone groups is 1. The van der Waals surface area contributed by atoms with Crippen LogP contribution in [-0.4, -0.2) is 31.5 Å². The van der Waals surface area contributed by atoms with Gasteiger partial charge in [-0.15, -0.1) is 0 Å². The number of hydrogen-bond acceptors (Lipinski definition) is 6. The van der Waals surface area contributed by atoms with Crippen LogP contribution in [0.4, 0.5) is 20.6 Å². The lowest BCUT2D eigenvalue weighted by Crippen LogP contribution is -2.18. The second kappa shape index (κ2) is 10.9. The second-order valence-electron chi connectivity index (χ2n) is 7.81. The fraction of sp³-hybridized carbons (Fsp3) is 0. The Labute approximate surface area is 216 Å². The Kier molecular flexibility index (Phi) is 7.49. The zero-order chi connectivity index (χ0) is 27.3. The number of aromatic carboxylic acids is 1. The number of nitrogens with one attached hydrogen (secondary N) is 2. The lowest BCUT2D eigenvalue weighted by Gasteiger charge is -2.11. The average molecular weight is 535 g/mol. The Balaban J connectivity index is 1.55. The molecule has 0 saturated heterocycles. The van der Waals surface area contributed by atoms with Gasteiger partial charge in [0.25, 0.3) is 5.91 Å². The number of anilines is 2. The summed E-state index contributed by atoms with van der Waals surface area (Å²) in [6, 6.07) is 22.1. The highest BCUT2D eigenvalue weighted by Crippen LogP contribution is 2.26. The third kappa shape index (κ3) is 5.85. The lowest BCUT2D eigenvalue weighted by atomic mass is 10.1. The maximum absolute atomic E-state index is 14.2. The van der Waals surface area contributed by atoms with Crippen molar-refractivity contribution in [1.82, 2.24) is 0 Å². The Hall–Kier alpha value is -5.03. The maximum atomic E-state index is 14.2. The van der Waals surface area contributed by atoms with Crippen LogP contribution in [0.1, 0.15) is 20.7 Å². The highest BCUT2D eigenvalue weighted by Gasteiger charge is 2.23. The first-order chi connectivity index (χ1) is 18.1. The van der Waals surface area contributed by atoms with Crippen LogP contribution in [0.15, 0.2) is 107 Å². The van der Waals surface area contributed by atoms with Crippen LogP contribution < -0.4 is 15.4 Å². The molecule has 0 aromatic heterocycles. The number of carbonyl (C=O) groups excluding carboxylic acids is 2. The monoisotopic (exact) mass is 534 g/mol. The third-order valence-electron chi connectivity index (χ3n) is 5.22. The molecule has 0 fully saturated rings. The van der Waals surface area contributed by atoms with Gasteiger partial charge < -0.3 is 15.2 Å². The Morgan fingerprint density at radius 1 is 0.737 bits per heavy atom. The van der Waals surface area contributed by atoms with E-state index in [2.05, 4.69) is 10.6 Å². The Bertz CT molecular complexity index is 1640. The lowest BCUT2D eigenvalue weighted by molar-refractivity contribution is 0.0691. The molecule has 0 bridgehead atoms. The van der Waals surface area contributed by atoms with Crippen molar-refractivity contribution in [3.05, 3.63) is 114 Å². The molecule has 0 spiro atoms. The van der Waals surface area contributed by atoms with Gasteiger partial charge in [-0.2, -0.15) is 0 Å². The molecule has 11 heteroatoms. The molecule has 0 unspecified atom stereocenters. The molecule has 0 aliphatic heterocycles. The van der Waals surface area contributed by atoms with Crippen molar-refractivity contribution in [1.29, 1.82) is 0 Å². The number of amides is 2. The summed E-state index contributed by atoms with van der Waals surface area (Å²) in [6.45, 7) is 0. The zero-order valence-corrected chi connectivity index (χ0v) is 20.2. The number of benzene rings is 4. The summed E-state index contributed by atoms with van der Waals surface area (Å²) in [5.74, 6) is -3.29. The van der Waals surface area contributed by atoms with Gasteiger partial charge in [0.05, 0.1) is 20.9 Å². The summed E-state index contributed by atoms with van der Waals surface area (Å²) in [6.07, 6.45) is -0.815. The number of carbonyl (C=O) groups is 3. The highest BCUT2D eigenvalue weighted by atomic mass is 32.2. The summed E-state index contributed by atoms with van der Waals surface area (Å²) in [5.41, 5.74) is -1.07. The van der Waals surface area contributed by atoms with Gasteiger partial charge in [0, 0.05) is 11.4 Å². The van der Waals surface area contributed by atoms with Gasteiger partial charge in [0.2, 0.25) is 9.84 Å². The van der Waals surface area contributed by atoms with Gasteiger partial charge in [-0.05, 0) is 60.7 Å². The summed E-state index contributed by atoms with van der Waals surface area (Å²) in [7, 11) is -4.12. The predicted octanol–water partition coefficient (Wildman–Crippen LogP) is 5.22. The first kappa shape index (κ1) is 26.0. The summed E-state index contributed by atoms with van der Waals surface area (Å²) >= 11 is 0. The number of halogens is 1. The molecule has 0 aliphatic rings. The van der Waals surface area contributed by atoms with Gasteiger partial charge in [0.15, 0.2) is 0 Å². The number of para-hydroxylation sites is 1. The van der Waals surface area contributed by atoms with Crippen molar-refractivity contribution in [2.24, 2.45) is 0 Å². The number of hydrogen-bond donors (Lipinski definition) is 3. The zero-order valence-electron chi connectivity index (χ0n) is 19.4. The molecule has 0 atom stereocenters. The first-order valence-corrected chi connectivity index (χ1v) is 12.5. The topological polar surface area (TPSA) is 139 Å². The fourth-order valence-electron chi connectivity index (χ4n) is 3.48. The molecule has 4 rings (SSSR count). The minimum atomic E-state index is -4.12. The van der Waals surface area contributed by atoms with E-state index in [4.69, 9.17) is 4.74 Å². The maximum Gasteiger partial charge on any atom is 0.417 e. The SMILES string of the molecule is O=C(Nc1cccc(S(=O)(=O)c2cccc(NC(=O)c3c(F)cccc3C(=O)O)c2)c1)Oc1ccccc1. The van der Waals surface area contributed by atoms with Crippen LogP contribution >= 0.6 is 0 Å². The van der Waals surface area contributed by atoms with Crippen LogP contribution in [0.25, 0.3) is 0 Å². The molecular formula is C27H19FN2O7S. The fourth-order valence-corrected chi connectivity index (χ4v) is 4.84. The van der Waals surface area contributed by atoms with Crippen molar-refractivity contribution < 1.29 is 37.0 Å². The minimum Gasteiger partial charge on any atom is -0.478 e. The van der Waals surface area contributed by atoms with Crippen molar-refractivity contribution in [3.63, 3.8) is 0 Å². The van der Waals surface area contributed by atoms with E-state index in [0.717, 1.165) is 24.3 Å². The molecule has 9 nitrogen and oxygen atoms in total. The molecule has 4 aromatic carbocycles. The number of carboxylic acid groups (broad SMARTS) is 1. The molecule has 4 aromatic rings. The second-order valence-corrected chi connectivity index (χ2v) is 9.76. The molecule has 38 heavy (non-hydrogen) atoms. The predicted molar refractivity (Wildman–Crippen MR) is 136 cm³/mol. The molecule has 3 N–H and O–H groups in total.